The van der Waals surface area contributed by atoms with Crippen molar-refractivity contribution < 1.29 is 14.6 Å². The van der Waals surface area contributed by atoms with Gasteiger partial charge >= 0.3 is 0 Å². The van der Waals surface area contributed by atoms with Crippen molar-refractivity contribution in [3.05, 3.63) is 72.3 Å². The van der Waals surface area contributed by atoms with E-state index in [4.69, 9.17) is 4.74 Å². The van der Waals surface area contributed by atoms with Crippen LogP contribution in [0.3, 0.4) is 0 Å². The standard InChI is InChI=1S/C25H30N2O3/c1-3-14-27(17-25(29)26-24-11-7-4-8-19(24)2)16-22(28)18-30-23-13-12-20-9-5-6-10-21(20)15-23/h4-13,15,22,28H,3,14,16-18H2,1-2H3,(H,26,29). The van der Waals surface area contributed by atoms with E-state index in [0.29, 0.717) is 6.54 Å². The number of aliphatic hydroxyl groups is 1. The fraction of sp³-hybridized carbons (Fsp3) is 0.320. The highest BCUT2D eigenvalue weighted by Crippen LogP contribution is 2.20. The van der Waals surface area contributed by atoms with Crippen LogP contribution >= 0.6 is 0 Å². The van der Waals surface area contributed by atoms with E-state index in [1.807, 2.05) is 72.5 Å². The van der Waals surface area contributed by atoms with Crippen LogP contribution in [0.1, 0.15) is 18.9 Å². The summed E-state index contributed by atoms with van der Waals surface area (Å²) in [5.41, 5.74) is 1.84. The van der Waals surface area contributed by atoms with Gasteiger partial charge in [-0.15, -0.1) is 0 Å². The maximum Gasteiger partial charge on any atom is 0.238 e. The molecular formula is C25H30N2O3. The summed E-state index contributed by atoms with van der Waals surface area (Å²) in [4.78, 5) is 14.4. The molecule has 3 aromatic rings. The Kier molecular flexibility index (Phi) is 7.82. The van der Waals surface area contributed by atoms with E-state index in [9.17, 15) is 9.90 Å². The summed E-state index contributed by atoms with van der Waals surface area (Å²) >= 11 is 0. The normalized spacial score (nSPS) is 12.1. The maximum absolute atomic E-state index is 12.5. The minimum atomic E-state index is -0.686. The topological polar surface area (TPSA) is 61.8 Å². The number of nitrogens with one attached hydrogen (secondary N) is 1. The number of amides is 1. The van der Waals surface area contributed by atoms with Crippen LogP contribution in [0.25, 0.3) is 10.8 Å². The lowest BCUT2D eigenvalue weighted by Gasteiger charge is -2.24. The van der Waals surface area contributed by atoms with Crippen LogP contribution in [0.5, 0.6) is 5.75 Å². The van der Waals surface area contributed by atoms with Gasteiger partial charge in [0.2, 0.25) is 5.91 Å². The fourth-order valence-electron chi connectivity index (χ4n) is 3.46. The van der Waals surface area contributed by atoms with E-state index < -0.39 is 6.10 Å². The van der Waals surface area contributed by atoms with Gasteiger partial charge in [0.25, 0.3) is 0 Å². The van der Waals surface area contributed by atoms with Crippen LogP contribution in [0.15, 0.2) is 66.7 Å². The number of para-hydroxylation sites is 1. The maximum atomic E-state index is 12.5. The van der Waals surface area contributed by atoms with E-state index in [1.54, 1.807) is 0 Å². The van der Waals surface area contributed by atoms with Gasteiger partial charge in [0.15, 0.2) is 0 Å². The van der Waals surface area contributed by atoms with Crippen LogP contribution < -0.4 is 10.1 Å². The average Bonchev–Trinajstić information content (AvgIpc) is 2.74. The van der Waals surface area contributed by atoms with Gasteiger partial charge in [-0.05, 0) is 54.4 Å². The van der Waals surface area contributed by atoms with Gasteiger partial charge < -0.3 is 15.2 Å². The first-order valence-corrected chi connectivity index (χ1v) is 10.4. The smallest absolute Gasteiger partial charge is 0.238 e. The van der Waals surface area contributed by atoms with Crippen LogP contribution in [0, 0.1) is 6.92 Å². The molecular weight excluding hydrogens is 376 g/mol. The minimum Gasteiger partial charge on any atom is -0.491 e. The number of ether oxygens (including phenoxy) is 1. The summed E-state index contributed by atoms with van der Waals surface area (Å²) in [7, 11) is 0. The number of hydrogen-bond donors (Lipinski definition) is 2. The Morgan fingerprint density at radius 1 is 1.07 bits per heavy atom. The third-order valence-electron chi connectivity index (χ3n) is 4.96. The summed E-state index contributed by atoms with van der Waals surface area (Å²) in [5.74, 6) is 0.646. The van der Waals surface area contributed by atoms with Crippen molar-refractivity contribution in [3.8, 4) is 5.75 Å². The molecule has 3 aromatic carbocycles. The molecule has 1 amide bonds. The van der Waals surface area contributed by atoms with Gasteiger partial charge in [-0.3, -0.25) is 9.69 Å². The number of rotatable bonds is 10. The molecule has 5 heteroatoms. The Bertz CT molecular complexity index is 973. The van der Waals surface area contributed by atoms with Crippen LogP contribution in [-0.4, -0.2) is 48.3 Å². The summed E-state index contributed by atoms with van der Waals surface area (Å²) in [6.45, 7) is 5.54. The molecule has 158 valence electrons. The first-order chi connectivity index (χ1) is 14.5. The summed E-state index contributed by atoms with van der Waals surface area (Å²) in [5, 5.41) is 15.7. The molecule has 1 atom stereocenters. The second-order valence-corrected chi connectivity index (χ2v) is 7.57. The predicted octanol–water partition coefficient (Wildman–Crippen LogP) is 4.24. The molecule has 0 spiro atoms. The molecule has 0 heterocycles. The number of carbonyl (C=O) groups is 1. The number of hydrogen-bond acceptors (Lipinski definition) is 4. The Morgan fingerprint density at radius 2 is 1.80 bits per heavy atom. The van der Waals surface area contributed by atoms with Gasteiger partial charge in [-0.2, -0.15) is 0 Å². The monoisotopic (exact) mass is 406 g/mol. The Labute approximate surface area is 178 Å². The first kappa shape index (κ1) is 21.8. The van der Waals surface area contributed by atoms with Crippen molar-refractivity contribution in [1.82, 2.24) is 4.90 Å². The van der Waals surface area contributed by atoms with E-state index in [0.717, 1.165) is 40.7 Å². The molecule has 3 rings (SSSR count). The lowest BCUT2D eigenvalue weighted by molar-refractivity contribution is -0.117. The molecule has 30 heavy (non-hydrogen) atoms. The minimum absolute atomic E-state index is 0.0830. The van der Waals surface area contributed by atoms with Crippen LogP contribution in [-0.2, 0) is 4.79 Å². The van der Waals surface area contributed by atoms with Gasteiger partial charge in [-0.1, -0.05) is 55.5 Å². The zero-order chi connectivity index (χ0) is 21.3. The third kappa shape index (κ3) is 6.31. The molecule has 0 saturated carbocycles. The molecule has 2 N–H and O–H groups in total. The molecule has 0 aliphatic rings. The second-order valence-electron chi connectivity index (χ2n) is 7.57. The predicted molar refractivity (Wildman–Crippen MR) is 122 cm³/mol. The molecule has 0 aromatic heterocycles. The highest BCUT2D eigenvalue weighted by atomic mass is 16.5. The van der Waals surface area contributed by atoms with Crippen molar-refractivity contribution in [1.29, 1.82) is 0 Å². The number of aryl methyl sites for hydroxylation is 1. The molecule has 0 fully saturated rings. The summed E-state index contributed by atoms with van der Waals surface area (Å²) < 4.78 is 5.79. The van der Waals surface area contributed by atoms with Crippen molar-refractivity contribution in [2.45, 2.75) is 26.4 Å². The third-order valence-corrected chi connectivity index (χ3v) is 4.96. The highest BCUT2D eigenvalue weighted by molar-refractivity contribution is 5.92. The average molecular weight is 407 g/mol. The molecule has 0 bridgehead atoms. The molecule has 5 nitrogen and oxygen atoms in total. The van der Waals surface area contributed by atoms with Gasteiger partial charge in [-0.25, -0.2) is 0 Å². The van der Waals surface area contributed by atoms with Crippen LogP contribution in [0.4, 0.5) is 5.69 Å². The summed E-state index contributed by atoms with van der Waals surface area (Å²) in [6.07, 6.45) is 0.213. The Morgan fingerprint density at radius 3 is 2.57 bits per heavy atom. The lowest BCUT2D eigenvalue weighted by atomic mass is 10.1. The Balaban J connectivity index is 1.51. The van der Waals surface area contributed by atoms with E-state index >= 15 is 0 Å². The quantitative estimate of drug-likeness (QED) is 0.529. The number of aliphatic hydroxyl groups excluding tert-OH is 1. The first-order valence-electron chi connectivity index (χ1n) is 10.4. The SMILES string of the molecule is CCCN(CC(=O)Nc1ccccc1C)CC(O)COc1ccc2ccccc2c1. The van der Waals surface area contributed by atoms with Gasteiger partial charge in [0, 0.05) is 12.2 Å². The van der Waals surface area contributed by atoms with Crippen molar-refractivity contribution in [2.24, 2.45) is 0 Å². The Hall–Kier alpha value is -2.89. The zero-order valence-electron chi connectivity index (χ0n) is 17.7. The van der Waals surface area contributed by atoms with Crippen molar-refractivity contribution in [3.63, 3.8) is 0 Å². The van der Waals surface area contributed by atoms with E-state index in [2.05, 4.69) is 18.3 Å². The lowest BCUT2D eigenvalue weighted by Crippen LogP contribution is -2.40. The number of carbonyl (C=O) groups excluding carboxylic acids is 1. The second kappa shape index (κ2) is 10.8. The van der Waals surface area contributed by atoms with E-state index in [1.165, 1.54) is 0 Å². The zero-order valence-corrected chi connectivity index (χ0v) is 17.7. The molecule has 0 aliphatic heterocycles. The largest absolute Gasteiger partial charge is 0.491 e. The summed E-state index contributed by atoms with van der Waals surface area (Å²) in [6, 6.07) is 21.7. The highest BCUT2D eigenvalue weighted by Gasteiger charge is 2.16. The molecule has 1 unspecified atom stereocenters. The number of fused-ring (bicyclic) bond motifs is 1. The molecule has 0 saturated heterocycles. The van der Waals surface area contributed by atoms with Crippen molar-refractivity contribution >= 4 is 22.4 Å². The van der Waals surface area contributed by atoms with Crippen molar-refractivity contribution in [2.75, 3.05) is 31.6 Å². The van der Waals surface area contributed by atoms with Gasteiger partial charge in [0.05, 0.1) is 6.54 Å². The van der Waals surface area contributed by atoms with Crippen LogP contribution in [0.2, 0.25) is 0 Å². The molecule has 0 radical (unpaired) electrons. The molecule has 0 aliphatic carbocycles. The van der Waals surface area contributed by atoms with E-state index in [-0.39, 0.29) is 19.1 Å². The fourth-order valence-corrected chi connectivity index (χ4v) is 3.46. The number of benzene rings is 3. The number of anilines is 1. The van der Waals surface area contributed by atoms with Gasteiger partial charge in [0.1, 0.15) is 18.5 Å². The number of nitrogens with zero attached hydrogens (tertiary/aromatic N) is 1.